The minimum absolute atomic E-state index is 0.285. The van der Waals surface area contributed by atoms with E-state index in [0.717, 1.165) is 25.1 Å². The highest BCUT2D eigenvalue weighted by atomic mass is 16.5. The van der Waals surface area contributed by atoms with Gasteiger partial charge in [0.1, 0.15) is 0 Å². The van der Waals surface area contributed by atoms with E-state index >= 15 is 0 Å². The van der Waals surface area contributed by atoms with Crippen LogP contribution in [0.25, 0.3) is 6.08 Å². The second kappa shape index (κ2) is 5.64. The molecule has 2 rings (SSSR count). The Kier molecular flexibility index (Phi) is 3.94. The number of rotatable bonds is 3. The van der Waals surface area contributed by atoms with Crippen LogP contribution in [0.1, 0.15) is 23.6 Å². The number of carbonyl (C=O) groups is 1. The van der Waals surface area contributed by atoms with Gasteiger partial charge in [-0.05, 0) is 42.7 Å². The number of hydrogen-bond acceptors (Lipinski definition) is 3. The van der Waals surface area contributed by atoms with Gasteiger partial charge in [0.2, 0.25) is 0 Å². The number of ether oxygens (including phenoxy) is 1. The average molecular weight is 231 g/mol. The molecule has 3 heteroatoms. The summed E-state index contributed by atoms with van der Waals surface area (Å²) < 4.78 is 4.84. The fraction of sp³-hybridized carbons (Fsp3) is 0.357. The summed E-state index contributed by atoms with van der Waals surface area (Å²) in [6.45, 7) is 4.19. The highest BCUT2D eigenvalue weighted by Crippen LogP contribution is 2.16. The molecule has 17 heavy (non-hydrogen) atoms. The van der Waals surface area contributed by atoms with Gasteiger partial charge in [0.25, 0.3) is 0 Å². The molecule has 0 aromatic heterocycles. The van der Waals surface area contributed by atoms with Crippen molar-refractivity contribution >= 4 is 12.0 Å². The van der Waals surface area contributed by atoms with Crippen LogP contribution in [-0.4, -0.2) is 19.1 Å². The fourth-order valence-electron chi connectivity index (χ4n) is 1.96. The minimum atomic E-state index is -0.285. The molecule has 90 valence electrons. The summed E-state index contributed by atoms with van der Waals surface area (Å²) in [6.07, 6.45) is 4.34. The van der Waals surface area contributed by atoms with Crippen molar-refractivity contribution in [3.8, 4) is 0 Å². The van der Waals surface area contributed by atoms with Crippen molar-refractivity contribution in [1.82, 2.24) is 5.32 Å². The number of fused-ring (bicyclic) bond motifs is 1. The standard InChI is InChI=1S/C14H17NO2/c1-2-17-14(16)6-4-11-3-5-13-10-15-8-7-12(13)9-11/h3-6,9,15H,2,7-8,10H2,1H3. The summed E-state index contributed by atoms with van der Waals surface area (Å²) in [6, 6.07) is 6.29. The van der Waals surface area contributed by atoms with Crippen molar-refractivity contribution in [2.24, 2.45) is 0 Å². The summed E-state index contributed by atoms with van der Waals surface area (Å²) >= 11 is 0. The Balaban J connectivity index is 2.09. The van der Waals surface area contributed by atoms with Crippen LogP contribution < -0.4 is 5.32 Å². The lowest BCUT2D eigenvalue weighted by molar-refractivity contribution is -0.137. The van der Waals surface area contributed by atoms with Crippen LogP contribution in [0.5, 0.6) is 0 Å². The SMILES string of the molecule is CCOC(=O)C=Cc1ccc2c(c1)CCNC2. The molecule has 0 unspecified atom stereocenters. The molecule has 0 atom stereocenters. The van der Waals surface area contributed by atoms with Crippen LogP contribution in [-0.2, 0) is 22.5 Å². The van der Waals surface area contributed by atoms with E-state index in [1.807, 2.05) is 6.07 Å². The molecule has 0 radical (unpaired) electrons. The van der Waals surface area contributed by atoms with E-state index < -0.39 is 0 Å². The smallest absolute Gasteiger partial charge is 0.330 e. The summed E-state index contributed by atoms with van der Waals surface area (Å²) in [4.78, 5) is 11.2. The first-order chi connectivity index (χ1) is 8.29. The average Bonchev–Trinajstić information content (AvgIpc) is 2.36. The number of benzene rings is 1. The van der Waals surface area contributed by atoms with Gasteiger partial charge >= 0.3 is 5.97 Å². The van der Waals surface area contributed by atoms with Gasteiger partial charge in [0, 0.05) is 12.6 Å². The van der Waals surface area contributed by atoms with Crippen molar-refractivity contribution in [3.63, 3.8) is 0 Å². The summed E-state index contributed by atoms with van der Waals surface area (Å²) in [7, 11) is 0. The highest BCUT2D eigenvalue weighted by molar-refractivity contribution is 5.87. The van der Waals surface area contributed by atoms with Crippen LogP contribution in [0.2, 0.25) is 0 Å². The van der Waals surface area contributed by atoms with E-state index in [1.165, 1.54) is 17.2 Å². The number of nitrogens with one attached hydrogen (secondary N) is 1. The second-order valence-electron chi connectivity index (χ2n) is 4.04. The van der Waals surface area contributed by atoms with Crippen LogP contribution >= 0.6 is 0 Å². The molecule has 0 amide bonds. The van der Waals surface area contributed by atoms with Gasteiger partial charge in [-0.3, -0.25) is 0 Å². The van der Waals surface area contributed by atoms with Crippen molar-refractivity contribution in [1.29, 1.82) is 0 Å². The largest absolute Gasteiger partial charge is 0.463 e. The van der Waals surface area contributed by atoms with Gasteiger partial charge in [0.15, 0.2) is 0 Å². The monoisotopic (exact) mass is 231 g/mol. The molecule has 0 aliphatic carbocycles. The molecule has 0 saturated heterocycles. The molecule has 3 nitrogen and oxygen atoms in total. The Labute approximate surface area is 101 Å². The molecule has 1 aromatic rings. The van der Waals surface area contributed by atoms with Gasteiger partial charge in [-0.25, -0.2) is 4.79 Å². The molecule has 1 N–H and O–H groups in total. The normalized spacial score (nSPS) is 14.6. The van der Waals surface area contributed by atoms with Crippen LogP contribution in [0.15, 0.2) is 24.3 Å². The quantitative estimate of drug-likeness (QED) is 0.638. The predicted molar refractivity (Wildman–Crippen MR) is 67.5 cm³/mol. The van der Waals surface area contributed by atoms with Crippen molar-refractivity contribution < 1.29 is 9.53 Å². The lowest BCUT2D eigenvalue weighted by atomic mass is 9.98. The zero-order valence-corrected chi connectivity index (χ0v) is 10.0. The minimum Gasteiger partial charge on any atom is -0.463 e. The molecule has 0 spiro atoms. The van der Waals surface area contributed by atoms with Gasteiger partial charge < -0.3 is 10.1 Å². The first kappa shape index (κ1) is 11.9. The summed E-state index contributed by atoms with van der Waals surface area (Å²) in [5, 5.41) is 3.34. The van der Waals surface area contributed by atoms with Gasteiger partial charge in [-0.15, -0.1) is 0 Å². The highest BCUT2D eigenvalue weighted by Gasteiger charge is 2.07. The van der Waals surface area contributed by atoms with Gasteiger partial charge in [-0.1, -0.05) is 18.2 Å². The van der Waals surface area contributed by atoms with E-state index in [-0.39, 0.29) is 5.97 Å². The topological polar surface area (TPSA) is 38.3 Å². The molecule has 1 heterocycles. The third kappa shape index (κ3) is 3.17. The lowest BCUT2D eigenvalue weighted by Crippen LogP contribution is -2.23. The maximum Gasteiger partial charge on any atom is 0.330 e. The van der Waals surface area contributed by atoms with Crippen molar-refractivity contribution in [2.75, 3.05) is 13.2 Å². The molecule has 0 fully saturated rings. The van der Waals surface area contributed by atoms with Gasteiger partial charge in [-0.2, -0.15) is 0 Å². The number of carbonyl (C=O) groups excluding carboxylic acids is 1. The van der Waals surface area contributed by atoms with E-state index in [0.29, 0.717) is 6.61 Å². The first-order valence-electron chi connectivity index (χ1n) is 5.97. The summed E-state index contributed by atoms with van der Waals surface area (Å²) in [5.74, 6) is -0.285. The Hall–Kier alpha value is -1.61. The first-order valence-corrected chi connectivity index (χ1v) is 5.97. The van der Waals surface area contributed by atoms with Gasteiger partial charge in [0.05, 0.1) is 6.61 Å². The fourth-order valence-corrected chi connectivity index (χ4v) is 1.96. The Morgan fingerprint density at radius 2 is 2.35 bits per heavy atom. The van der Waals surface area contributed by atoms with Crippen molar-refractivity contribution in [2.45, 2.75) is 19.9 Å². The van der Waals surface area contributed by atoms with Crippen LogP contribution in [0.3, 0.4) is 0 Å². The van der Waals surface area contributed by atoms with E-state index in [1.54, 1.807) is 13.0 Å². The Bertz CT molecular complexity index is 438. The lowest BCUT2D eigenvalue weighted by Gasteiger charge is -2.17. The predicted octanol–water partition coefficient (Wildman–Crippen LogP) is 1.91. The molecule has 0 saturated carbocycles. The van der Waals surface area contributed by atoms with Crippen LogP contribution in [0.4, 0.5) is 0 Å². The number of hydrogen-bond donors (Lipinski definition) is 1. The maximum atomic E-state index is 11.2. The zero-order chi connectivity index (χ0) is 12.1. The molecule has 1 aromatic carbocycles. The molecule has 1 aliphatic rings. The Morgan fingerprint density at radius 1 is 1.47 bits per heavy atom. The van der Waals surface area contributed by atoms with E-state index in [2.05, 4.69) is 17.4 Å². The third-order valence-electron chi connectivity index (χ3n) is 2.82. The molecular formula is C14H17NO2. The molecule has 1 aliphatic heterocycles. The zero-order valence-electron chi connectivity index (χ0n) is 10.0. The van der Waals surface area contributed by atoms with Crippen LogP contribution in [0, 0.1) is 0 Å². The second-order valence-corrected chi connectivity index (χ2v) is 4.04. The maximum absolute atomic E-state index is 11.2. The summed E-state index contributed by atoms with van der Waals surface area (Å²) in [5.41, 5.74) is 3.78. The van der Waals surface area contributed by atoms with E-state index in [4.69, 9.17) is 4.74 Å². The molecular weight excluding hydrogens is 214 g/mol. The van der Waals surface area contributed by atoms with Crippen molar-refractivity contribution in [3.05, 3.63) is 41.0 Å². The van der Waals surface area contributed by atoms with E-state index in [9.17, 15) is 4.79 Å². The third-order valence-corrected chi connectivity index (χ3v) is 2.82. The number of esters is 1. The Morgan fingerprint density at radius 3 is 3.18 bits per heavy atom. The molecule has 0 bridgehead atoms.